The van der Waals surface area contributed by atoms with Crippen LogP contribution in [0.3, 0.4) is 0 Å². The van der Waals surface area contributed by atoms with Crippen molar-refractivity contribution in [3.8, 4) is 0 Å². The SMILES string of the molecule is CCC(CN)NS(=O)(=O)c1ccc(Cl)c(Br)c1. The molecule has 0 radical (unpaired) electrons. The smallest absolute Gasteiger partial charge is 0.240 e. The maximum absolute atomic E-state index is 12.0. The van der Waals surface area contributed by atoms with Gasteiger partial charge in [0.2, 0.25) is 10.0 Å². The molecule has 0 aromatic heterocycles. The van der Waals surface area contributed by atoms with Gasteiger partial charge >= 0.3 is 0 Å². The summed E-state index contributed by atoms with van der Waals surface area (Å²) >= 11 is 9.00. The highest BCUT2D eigenvalue weighted by Gasteiger charge is 2.18. The largest absolute Gasteiger partial charge is 0.329 e. The summed E-state index contributed by atoms with van der Waals surface area (Å²) in [5.41, 5.74) is 5.47. The molecule has 17 heavy (non-hydrogen) atoms. The predicted octanol–water partition coefficient (Wildman–Crippen LogP) is 2.12. The van der Waals surface area contributed by atoms with Gasteiger partial charge in [0.25, 0.3) is 0 Å². The lowest BCUT2D eigenvalue weighted by molar-refractivity contribution is 0.542. The number of benzene rings is 1. The van der Waals surface area contributed by atoms with E-state index in [0.29, 0.717) is 15.9 Å². The standard InChI is InChI=1S/C10H14BrClN2O2S/c1-2-7(6-13)14-17(15,16)8-3-4-10(12)9(11)5-8/h3-5,7,14H,2,6,13H2,1H3. The zero-order valence-corrected chi connectivity index (χ0v) is 12.4. The van der Waals surface area contributed by atoms with Crippen LogP contribution in [0.2, 0.25) is 5.02 Å². The molecule has 1 rings (SSSR count). The summed E-state index contributed by atoms with van der Waals surface area (Å²) < 4.78 is 27.1. The molecular weight excluding hydrogens is 328 g/mol. The Morgan fingerprint density at radius 3 is 2.65 bits per heavy atom. The molecule has 0 aliphatic carbocycles. The zero-order chi connectivity index (χ0) is 13.1. The molecule has 96 valence electrons. The Bertz CT molecular complexity index is 489. The molecule has 0 spiro atoms. The van der Waals surface area contributed by atoms with Crippen LogP contribution in [0.5, 0.6) is 0 Å². The molecular formula is C10H14BrClN2O2S. The van der Waals surface area contributed by atoms with Crippen molar-refractivity contribution in [2.45, 2.75) is 24.3 Å². The molecule has 0 aliphatic rings. The van der Waals surface area contributed by atoms with E-state index < -0.39 is 10.0 Å². The van der Waals surface area contributed by atoms with Gasteiger partial charge in [-0.2, -0.15) is 0 Å². The minimum Gasteiger partial charge on any atom is -0.329 e. The van der Waals surface area contributed by atoms with Crippen molar-refractivity contribution >= 4 is 37.6 Å². The molecule has 0 amide bonds. The van der Waals surface area contributed by atoms with Crippen molar-refractivity contribution < 1.29 is 8.42 Å². The van der Waals surface area contributed by atoms with Crippen LogP contribution in [-0.4, -0.2) is 21.0 Å². The molecule has 0 saturated carbocycles. The van der Waals surface area contributed by atoms with E-state index >= 15 is 0 Å². The van der Waals surface area contributed by atoms with E-state index in [1.165, 1.54) is 18.2 Å². The molecule has 1 aromatic rings. The number of hydrogen-bond donors (Lipinski definition) is 2. The second-order valence-corrected chi connectivity index (χ2v) is 6.51. The van der Waals surface area contributed by atoms with Gasteiger partial charge in [-0.1, -0.05) is 18.5 Å². The molecule has 0 saturated heterocycles. The van der Waals surface area contributed by atoms with E-state index in [2.05, 4.69) is 20.7 Å². The normalized spacial score (nSPS) is 13.6. The van der Waals surface area contributed by atoms with Gasteiger partial charge in [0.15, 0.2) is 0 Å². The lowest BCUT2D eigenvalue weighted by atomic mass is 10.2. The first-order valence-electron chi connectivity index (χ1n) is 5.08. The average Bonchev–Trinajstić information content (AvgIpc) is 2.29. The summed E-state index contributed by atoms with van der Waals surface area (Å²) in [6.45, 7) is 2.14. The molecule has 7 heteroatoms. The van der Waals surface area contributed by atoms with E-state index in [1.54, 1.807) is 0 Å². The first kappa shape index (κ1) is 14.9. The van der Waals surface area contributed by atoms with Crippen molar-refractivity contribution in [1.82, 2.24) is 4.72 Å². The van der Waals surface area contributed by atoms with Crippen molar-refractivity contribution in [2.24, 2.45) is 5.73 Å². The van der Waals surface area contributed by atoms with Crippen LogP contribution in [0.25, 0.3) is 0 Å². The van der Waals surface area contributed by atoms with Gasteiger partial charge in [-0.05, 0) is 40.5 Å². The third kappa shape index (κ3) is 3.93. The molecule has 1 unspecified atom stereocenters. The number of sulfonamides is 1. The molecule has 0 fully saturated rings. The van der Waals surface area contributed by atoms with Crippen LogP contribution >= 0.6 is 27.5 Å². The Labute approximate surface area is 115 Å². The third-order valence-corrected chi connectivity index (χ3v) is 5.03. The van der Waals surface area contributed by atoms with Gasteiger partial charge in [-0.3, -0.25) is 0 Å². The second kappa shape index (κ2) is 6.15. The van der Waals surface area contributed by atoms with Gasteiger partial charge in [-0.15, -0.1) is 0 Å². The maximum Gasteiger partial charge on any atom is 0.240 e. The van der Waals surface area contributed by atoms with Gasteiger partial charge < -0.3 is 5.73 Å². The first-order valence-corrected chi connectivity index (χ1v) is 7.73. The van der Waals surface area contributed by atoms with Gasteiger partial charge in [0.05, 0.1) is 9.92 Å². The van der Waals surface area contributed by atoms with Crippen LogP contribution in [0, 0.1) is 0 Å². The van der Waals surface area contributed by atoms with E-state index in [0.717, 1.165) is 0 Å². The first-order chi connectivity index (χ1) is 7.90. The van der Waals surface area contributed by atoms with Crippen LogP contribution in [0.1, 0.15) is 13.3 Å². The fourth-order valence-corrected chi connectivity index (χ4v) is 3.24. The number of hydrogen-bond acceptors (Lipinski definition) is 3. The van der Waals surface area contributed by atoms with E-state index in [1.807, 2.05) is 6.92 Å². The highest BCUT2D eigenvalue weighted by Crippen LogP contribution is 2.25. The zero-order valence-electron chi connectivity index (χ0n) is 9.28. The van der Waals surface area contributed by atoms with Crippen LogP contribution in [0.15, 0.2) is 27.6 Å². The molecule has 0 bridgehead atoms. The number of nitrogens with two attached hydrogens (primary N) is 1. The molecule has 4 nitrogen and oxygen atoms in total. The van der Waals surface area contributed by atoms with Crippen LogP contribution in [0.4, 0.5) is 0 Å². The number of nitrogens with one attached hydrogen (secondary N) is 1. The summed E-state index contributed by atoms with van der Waals surface area (Å²) in [5.74, 6) is 0. The topological polar surface area (TPSA) is 72.2 Å². The fourth-order valence-electron chi connectivity index (χ4n) is 1.23. The molecule has 1 aromatic carbocycles. The van der Waals surface area contributed by atoms with Crippen molar-refractivity contribution in [2.75, 3.05) is 6.54 Å². The van der Waals surface area contributed by atoms with Gasteiger partial charge in [0, 0.05) is 17.1 Å². The summed E-state index contributed by atoms with van der Waals surface area (Å²) in [5, 5.41) is 0.467. The van der Waals surface area contributed by atoms with Gasteiger partial charge in [0.1, 0.15) is 0 Å². The minimum atomic E-state index is -3.54. The number of rotatable bonds is 5. The van der Waals surface area contributed by atoms with E-state index in [4.69, 9.17) is 17.3 Å². The summed E-state index contributed by atoms with van der Waals surface area (Å²) in [7, 11) is -3.54. The highest BCUT2D eigenvalue weighted by atomic mass is 79.9. The van der Waals surface area contributed by atoms with E-state index in [-0.39, 0.29) is 17.5 Å². The quantitative estimate of drug-likeness (QED) is 0.861. The molecule has 0 aliphatic heterocycles. The molecule has 0 heterocycles. The van der Waals surface area contributed by atoms with Crippen LogP contribution < -0.4 is 10.5 Å². The molecule has 1 atom stereocenters. The summed E-state index contributed by atoms with van der Waals surface area (Å²) in [6.07, 6.45) is 0.643. The number of halogens is 2. The Kier molecular flexibility index (Phi) is 5.40. The summed E-state index contributed by atoms with van der Waals surface area (Å²) in [4.78, 5) is 0.167. The lowest BCUT2D eigenvalue weighted by Crippen LogP contribution is -2.39. The van der Waals surface area contributed by atoms with Gasteiger partial charge in [-0.25, -0.2) is 13.1 Å². The lowest BCUT2D eigenvalue weighted by Gasteiger charge is -2.15. The Morgan fingerprint density at radius 1 is 1.53 bits per heavy atom. The fraction of sp³-hybridized carbons (Fsp3) is 0.400. The maximum atomic E-state index is 12.0. The van der Waals surface area contributed by atoms with Crippen LogP contribution in [-0.2, 0) is 10.0 Å². The predicted molar refractivity (Wildman–Crippen MR) is 72.6 cm³/mol. The third-order valence-electron chi connectivity index (χ3n) is 2.30. The minimum absolute atomic E-state index is 0.167. The van der Waals surface area contributed by atoms with E-state index in [9.17, 15) is 8.42 Å². The second-order valence-electron chi connectivity index (χ2n) is 3.54. The molecule has 3 N–H and O–H groups in total. The van der Waals surface area contributed by atoms with Crippen molar-refractivity contribution in [1.29, 1.82) is 0 Å². The van der Waals surface area contributed by atoms with Crippen molar-refractivity contribution in [3.05, 3.63) is 27.7 Å². The Balaban J connectivity index is 3.01. The van der Waals surface area contributed by atoms with Crippen molar-refractivity contribution in [3.63, 3.8) is 0 Å². The Morgan fingerprint density at radius 2 is 2.18 bits per heavy atom. The summed E-state index contributed by atoms with van der Waals surface area (Å²) in [6, 6.07) is 4.20. The highest BCUT2D eigenvalue weighted by molar-refractivity contribution is 9.10. The average molecular weight is 342 g/mol. The Hall–Kier alpha value is -0.140. The monoisotopic (exact) mass is 340 g/mol.